The Balaban J connectivity index is 1.69. The molecule has 0 aliphatic heterocycles. The van der Waals surface area contributed by atoms with Crippen LogP contribution < -0.4 is 4.74 Å². The van der Waals surface area contributed by atoms with Crippen LogP contribution in [0.4, 0.5) is 13.2 Å². The van der Waals surface area contributed by atoms with Gasteiger partial charge in [-0.05, 0) is 37.7 Å². The highest BCUT2D eigenvalue weighted by Crippen LogP contribution is 2.39. The zero-order valence-electron chi connectivity index (χ0n) is 14.8. The molecule has 0 spiro atoms. The van der Waals surface area contributed by atoms with Crippen molar-refractivity contribution in [1.29, 1.82) is 0 Å². The number of nitrogens with zero attached hydrogens (tertiary/aromatic N) is 3. The molecule has 1 aromatic heterocycles. The summed E-state index contributed by atoms with van der Waals surface area (Å²) in [6, 6.07) is 0.138. The van der Waals surface area contributed by atoms with Crippen LogP contribution in [0, 0.1) is 5.41 Å². The number of carbonyl (C=O) groups excluding carboxylic acids is 1. The number of allylic oxidation sites excluding steroid dienone is 4. The Morgan fingerprint density at radius 1 is 1.38 bits per heavy atom. The third kappa shape index (κ3) is 4.44. The topological polar surface area (TPSA) is 55.3 Å². The molecule has 2 aliphatic carbocycles. The van der Waals surface area contributed by atoms with Crippen molar-refractivity contribution in [2.45, 2.75) is 52.3 Å². The zero-order chi connectivity index (χ0) is 19.1. The van der Waals surface area contributed by atoms with E-state index in [-0.39, 0.29) is 40.5 Å². The highest BCUT2D eigenvalue weighted by atomic mass is 32.1. The van der Waals surface area contributed by atoms with Crippen molar-refractivity contribution in [3.05, 3.63) is 28.4 Å². The molecule has 0 radical (unpaired) electrons. The molecule has 0 bridgehead atoms. The van der Waals surface area contributed by atoms with Gasteiger partial charge in [-0.2, -0.15) is 13.2 Å². The van der Waals surface area contributed by atoms with E-state index in [9.17, 15) is 18.0 Å². The number of carbonyl (C=O) groups is 1. The van der Waals surface area contributed by atoms with Crippen molar-refractivity contribution >= 4 is 17.2 Å². The molecule has 5 nitrogen and oxygen atoms in total. The lowest BCUT2D eigenvalue weighted by Gasteiger charge is -2.33. The molecule has 0 saturated heterocycles. The maximum Gasteiger partial charge on any atom is 0.445 e. The standard InChI is InChI=1S/C17H20F3N3O2S/c1-10-6-12(8-16(2,3)7-10)23(11-4-5-11)13(24)9-25-15-22-21-14(26-15)17(18,19)20/h6-7,11H,4-5,8-9H2,1-3H3. The summed E-state index contributed by atoms with van der Waals surface area (Å²) in [6.07, 6.45) is 2.17. The number of amides is 1. The second-order valence-corrected chi connectivity index (χ2v) is 8.28. The first-order valence-corrected chi connectivity index (χ1v) is 9.12. The Morgan fingerprint density at radius 2 is 2.08 bits per heavy atom. The minimum Gasteiger partial charge on any atom is -0.459 e. The Morgan fingerprint density at radius 3 is 2.62 bits per heavy atom. The Bertz CT molecular complexity index is 764. The van der Waals surface area contributed by atoms with E-state index in [1.165, 1.54) is 0 Å². The summed E-state index contributed by atoms with van der Waals surface area (Å²) in [5.41, 5.74) is 1.97. The highest BCUT2D eigenvalue weighted by molar-refractivity contribution is 7.13. The molecule has 1 saturated carbocycles. The summed E-state index contributed by atoms with van der Waals surface area (Å²) in [4.78, 5) is 14.4. The van der Waals surface area contributed by atoms with Gasteiger partial charge < -0.3 is 9.64 Å². The van der Waals surface area contributed by atoms with E-state index < -0.39 is 11.2 Å². The van der Waals surface area contributed by atoms with Crippen LogP contribution >= 0.6 is 11.3 Å². The highest BCUT2D eigenvalue weighted by Gasteiger charge is 2.38. The average molecular weight is 387 g/mol. The lowest BCUT2D eigenvalue weighted by molar-refractivity contribution is -0.138. The van der Waals surface area contributed by atoms with E-state index in [0.717, 1.165) is 30.5 Å². The molecule has 1 amide bonds. The third-order valence-corrected chi connectivity index (χ3v) is 4.99. The monoisotopic (exact) mass is 387 g/mol. The van der Waals surface area contributed by atoms with Gasteiger partial charge in [-0.1, -0.05) is 41.9 Å². The molecule has 9 heteroatoms. The second kappa shape index (κ2) is 6.68. The molecule has 0 N–H and O–H groups in total. The molecule has 26 heavy (non-hydrogen) atoms. The van der Waals surface area contributed by atoms with Crippen LogP contribution in [0.15, 0.2) is 23.4 Å². The number of alkyl halides is 3. The summed E-state index contributed by atoms with van der Waals surface area (Å²) >= 11 is 0.289. The van der Waals surface area contributed by atoms with Gasteiger partial charge in [0.25, 0.3) is 11.1 Å². The number of rotatable bonds is 5. The maximum absolute atomic E-state index is 12.7. The minimum absolute atomic E-state index is 0.0523. The smallest absolute Gasteiger partial charge is 0.445 e. The summed E-state index contributed by atoms with van der Waals surface area (Å²) in [5, 5.41) is 5.06. The number of hydrogen-bond acceptors (Lipinski definition) is 5. The Kier molecular flexibility index (Phi) is 4.85. The number of hydrogen-bond donors (Lipinski definition) is 0. The first kappa shape index (κ1) is 18.9. The molecular weight excluding hydrogens is 367 g/mol. The second-order valence-electron chi connectivity index (χ2n) is 7.34. The molecular formula is C17H20F3N3O2S. The first-order valence-electron chi connectivity index (χ1n) is 8.31. The lowest BCUT2D eigenvalue weighted by Crippen LogP contribution is -2.38. The minimum atomic E-state index is -4.56. The predicted octanol–water partition coefficient (Wildman–Crippen LogP) is 4.19. The van der Waals surface area contributed by atoms with Crippen molar-refractivity contribution in [3.63, 3.8) is 0 Å². The van der Waals surface area contributed by atoms with Gasteiger partial charge >= 0.3 is 6.18 Å². The molecule has 1 fully saturated rings. The van der Waals surface area contributed by atoms with E-state index in [1.807, 2.05) is 13.0 Å². The molecule has 142 valence electrons. The van der Waals surface area contributed by atoms with Crippen LogP contribution in [0.5, 0.6) is 5.19 Å². The van der Waals surface area contributed by atoms with Crippen molar-refractivity contribution in [1.82, 2.24) is 15.1 Å². The van der Waals surface area contributed by atoms with Gasteiger partial charge in [0.2, 0.25) is 5.01 Å². The summed E-state index contributed by atoms with van der Waals surface area (Å²) in [6.45, 7) is 5.85. The van der Waals surface area contributed by atoms with E-state index >= 15 is 0 Å². The predicted molar refractivity (Wildman–Crippen MR) is 90.5 cm³/mol. The fourth-order valence-electron chi connectivity index (χ4n) is 3.15. The van der Waals surface area contributed by atoms with Crippen LogP contribution in [0.3, 0.4) is 0 Å². The van der Waals surface area contributed by atoms with Crippen molar-refractivity contribution in [3.8, 4) is 5.19 Å². The number of aromatic nitrogens is 2. The maximum atomic E-state index is 12.7. The van der Waals surface area contributed by atoms with Gasteiger partial charge in [-0.25, -0.2) is 0 Å². The molecule has 3 rings (SSSR count). The quantitative estimate of drug-likeness (QED) is 0.760. The van der Waals surface area contributed by atoms with Crippen LogP contribution in [0.1, 0.15) is 45.0 Å². The van der Waals surface area contributed by atoms with Crippen molar-refractivity contribution in [2.24, 2.45) is 5.41 Å². The van der Waals surface area contributed by atoms with Gasteiger partial charge in [0.05, 0.1) is 0 Å². The normalized spacial score (nSPS) is 19.6. The first-order chi connectivity index (χ1) is 12.0. The zero-order valence-corrected chi connectivity index (χ0v) is 15.6. The van der Waals surface area contributed by atoms with E-state index in [2.05, 4.69) is 30.1 Å². The van der Waals surface area contributed by atoms with Crippen LogP contribution in [-0.4, -0.2) is 33.7 Å². The fraction of sp³-hybridized carbons (Fsp3) is 0.588. The Hall–Kier alpha value is -1.90. The number of ether oxygens (including phenoxy) is 1. The Labute approximate surface area is 153 Å². The van der Waals surface area contributed by atoms with E-state index in [1.54, 1.807) is 4.90 Å². The molecule has 1 heterocycles. The summed E-state index contributed by atoms with van der Waals surface area (Å²) < 4.78 is 42.9. The molecule has 0 unspecified atom stereocenters. The van der Waals surface area contributed by atoms with E-state index in [0.29, 0.717) is 0 Å². The van der Waals surface area contributed by atoms with Gasteiger partial charge in [-0.15, -0.1) is 5.10 Å². The molecule has 2 aliphatic rings. The summed E-state index contributed by atoms with van der Waals surface area (Å²) in [5.74, 6) is -0.270. The van der Waals surface area contributed by atoms with Crippen molar-refractivity contribution < 1.29 is 22.7 Å². The van der Waals surface area contributed by atoms with Gasteiger partial charge in [0, 0.05) is 11.7 Å². The van der Waals surface area contributed by atoms with Crippen molar-refractivity contribution in [2.75, 3.05) is 6.61 Å². The molecule has 0 atom stereocenters. The van der Waals surface area contributed by atoms with Gasteiger partial charge in [0.15, 0.2) is 6.61 Å². The molecule has 1 aromatic rings. The van der Waals surface area contributed by atoms with Crippen LogP contribution in [-0.2, 0) is 11.0 Å². The SMILES string of the molecule is CC1=CC(C)(C)CC(N(C(=O)COc2nnc(C(F)(F)F)s2)C2CC2)=C1. The third-order valence-electron chi connectivity index (χ3n) is 4.11. The number of halogens is 3. The van der Waals surface area contributed by atoms with Crippen LogP contribution in [0.25, 0.3) is 0 Å². The van der Waals surface area contributed by atoms with E-state index in [4.69, 9.17) is 4.74 Å². The van der Waals surface area contributed by atoms with Gasteiger partial charge in [-0.3, -0.25) is 4.79 Å². The summed E-state index contributed by atoms with van der Waals surface area (Å²) in [7, 11) is 0. The lowest BCUT2D eigenvalue weighted by atomic mass is 9.81. The molecule has 0 aromatic carbocycles. The average Bonchev–Trinajstić information content (AvgIpc) is 3.18. The largest absolute Gasteiger partial charge is 0.459 e. The van der Waals surface area contributed by atoms with Gasteiger partial charge in [0.1, 0.15) is 0 Å². The fourth-order valence-corrected chi connectivity index (χ4v) is 3.71. The van der Waals surface area contributed by atoms with Crippen LogP contribution in [0.2, 0.25) is 0 Å².